The van der Waals surface area contributed by atoms with Gasteiger partial charge in [-0.05, 0) is 12.1 Å². The van der Waals surface area contributed by atoms with Gasteiger partial charge in [0, 0.05) is 32.2 Å². The lowest BCUT2D eigenvalue weighted by Gasteiger charge is -2.34. The average Bonchev–Trinajstić information content (AvgIpc) is 3.14. The summed E-state index contributed by atoms with van der Waals surface area (Å²) in [4.78, 5) is 26.6. The standard InChI is InChI=1S/C17H16ClF2N5O2S/c1-27-11-3-2-9(18)14-13(11)23-17(28-14)25-6-4-24(5-7-25)16-21-10(15(19)20)8-12(26)22-16/h2-3,8,15H,4-7H2,1H3,(H,21,22,26). The molecule has 1 aliphatic heterocycles. The molecule has 0 radical (unpaired) electrons. The molecule has 3 heterocycles. The number of nitrogens with zero attached hydrogens (tertiary/aromatic N) is 4. The monoisotopic (exact) mass is 427 g/mol. The fourth-order valence-corrected chi connectivity index (χ4v) is 4.38. The Kier molecular flexibility index (Phi) is 5.07. The van der Waals surface area contributed by atoms with Gasteiger partial charge in [-0.2, -0.15) is 0 Å². The van der Waals surface area contributed by atoms with Crippen molar-refractivity contribution < 1.29 is 13.5 Å². The van der Waals surface area contributed by atoms with Crippen molar-refractivity contribution in [1.82, 2.24) is 15.0 Å². The number of aromatic nitrogens is 3. The third kappa shape index (κ3) is 3.49. The SMILES string of the molecule is COc1ccc(Cl)c2sc(N3CCN(c4nc(C(F)F)cc(=O)[nH]4)CC3)nc12. The summed E-state index contributed by atoms with van der Waals surface area (Å²) in [5.41, 5.74) is -0.391. The van der Waals surface area contributed by atoms with E-state index in [9.17, 15) is 13.6 Å². The fraction of sp³-hybridized carbons (Fsp3) is 0.353. The van der Waals surface area contributed by atoms with Crippen molar-refractivity contribution in [2.24, 2.45) is 0 Å². The minimum Gasteiger partial charge on any atom is -0.494 e. The Labute approximate surface area is 167 Å². The van der Waals surface area contributed by atoms with E-state index in [-0.39, 0.29) is 5.95 Å². The van der Waals surface area contributed by atoms with Crippen molar-refractivity contribution in [3.63, 3.8) is 0 Å². The number of nitrogens with one attached hydrogen (secondary N) is 1. The van der Waals surface area contributed by atoms with Crippen LogP contribution in [0.15, 0.2) is 23.0 Å². The molecule has 11 heteroatoms. The number of piperazine rings is 1. The van der Waals surface area contributed by atoms with Crippen LogP contribution < -0.4 is 20.1 Å². The maximum Gasteiger partial charge on any atom is 0.280 e. The van der Waals surface area contributed by atoms with Gasteiger partial charge in [0.15, 0.2) is 5.13 Å². The van der Waals surface area contributed by atoms with Gasteiger partial charge >= 0.3 is 0 Å². The highest BCUT2D eigenvalue weighted by atomic mass is 35.5. The van der Waals surface area contributed by atoms with Crippen molar-refractivity contribution in [3.05, 3.63) is 39.3 Å². The van der Waals surface area contributed by atoms with Crippen LogP contribution >= 0.6 is 22.9 Å². The fourth-order valence-electron chi connectivity index (χ4n) is 3.08. The lowest BCUT2D eigenvalue weighted by atomic mass is 10.3. The highest BCUT2D eigenvalue weighted by Gasteiger charge is 2.23. The van der Waals surface area contributed by atoms with Crippen molar-refractivity contribution in [3.8, 4) is 5.75 Å². The Hall–Kier alpha value is -2.46. The van der Waals surface area contributed by atoms with Crippen molar-refractivity contribution >= 4 is 44.2 Å². The number of methoxy groups -OCH3 is 1. The molecule has 148 valence electrons. The lowest BCUT2D eigenvalue weighted by molar-refractivity contribution is 0.146. The highest BCUT2D eigenvalue weighted by Crippen LogP contribution is 2.38. The van der Waals surface area contributed by atoms with Gasteiger partial charge in [0.25, 0.3) is 12.0 Å². The quantitative estimate of drug-likeness (QED) is 0.688. The third-order valence-corrected chi connectivity index (χ3v) is 6.07. The maximum absolute atomic E-state index is 12.9. The first kappa shape index (κ1) is 18.9. The van der Waals surface area contributed by atoms with E-state index >= 15 is 0 Å². The van der Waals surface area contributed by atoms with E-state index in [1.165, 1.54) is 11.3 Å². The van der Waals surface area contributed by atoms with E-state index in [1.807, 2.05) is 0 Å². The number of rotatable bonds is 4. The molecule has 0 saturated carbocycles. The minimum absolute atomic E-state index is 0.163. The zero-order chi connectivity index (χ0) is 19.8. The van der Waals surface area contributed by atoms with Crippen LogP contribution in [-0.4, -0.2) is 48.2 Å². The predicted molar refractivity (Wildman–Crippen MR) is 105 cm³/mol. The molecule has 0 unspecified atom stereocenters. The summed E-state index contributed by atoms with van der Waals surface area (Å²) in [5.74, 6) is 0.822. The van der Waals surface area contributed by atoms with Gasteiger partial charge in [-0.15, -0.1) is 0 Å². The van der Waals surface area contributed by atoms with Crippen LogP contribution in [0.3, 0.4) is 0 Å². The summed E-state index contributed by atoms with van der Waals surface area (Å²) < 4.78 is 32.0. The lowest BCUT2D eigenvalue weighted by Crippen LogP contribution is -2.47. The van der Waals surface area contributed by atoms with E-state index in [2.05, 4.69) is 19.9 Å². The third-order valence-electron chi connectivity index (χ3n) is 4.49. The molecule has 1 fully saturated rings. The normalized spacial score (nSPS) is 14.9. The molecule has 1 aromatic carbocycles. The second-order valence-electron chi connectivity index (χ2n) is 6.19. The molecule has 0 bridgehead atoms. The molecule has 28 heavy (non-hydrogen) atoms. The topological polar surface area (TPSA) is 74.3 Å². The number of thiazole rings is 1. The number of H-pyrrole nitrogens is 1. The van der Waals surface area contributed by atoms with Crippen molar-refractivity contribution in [1.29, 1.82) is 0 Å². The van der Waals surface area contributed by atoms with Gasteiger partial charge in [-0.1, -0.05) is 22.9 Å². The molecule has 0 atom stereocenters. The molecular weight excluding hydrogens is 412 g/mol. The van der Waals surface area contributed by atoms with E-state index in [0.29, 0.717) is 42.5 Å². The summed E-state index contributed by atoms with van der Waals surface area (Å²) in [5, 5.41) is 1.42. The van der Waals surface area contributed by atoms with E-state index in [1.54, 1.807) is 24.1 Å². The van der Waals surface area contributed by atoms with Crippen molar-refractivity contribution in [2.45, 2.75) is 6.43 Å². The zero-order valence-corrected chi connectivity index (χ0v) is 16.4. The Morgan fingerprint density at radius 3 is 2.61 bits per heavy atom. The molecule has 3 aromatic rings. The Morgan fingerprint density at radius 2 is 1.93 bits per heavy atom. The van der Waals surface area contributed by atoms with Crippen LogP contribution in [0.2, 0.25) is 5.02 Å². The Balaban J connectivity index is 1.54. The molecule has 0 amide bonds. The maximum atomic E-state index is 12.9. The molecule has 4 rings (SSSR count). The molecule has 2 aromatic heterocycles. The predicted octanol–water partition coefficient (Wildman–Crippen LogP) is 3.31. The number of halogens is 3. The van der Waals surface area contributed by atoms with Gasteiger partial charge in [-0.25, -0.2) is 18.7 Å². The summed E-state index contributed by atoms with van der Waals surface area (Å²) in [7, 11) is 1.59. The number of aromatic amines is 1. The molecular formula is C17H16ClF2N5O2S. The van der Waals surface area contributed by atoms with Crippen LogP contribution in [0.25, 0.3) is 10.2 Å². The van der Waals surface area contributed by atoms with Gasteiger partial charge in [0.1, 0.15) is 17.0 Å². The van der Waals surface area contributed by atoms with Crippen LogP contribution in [0, 0.1) is 0 Å². The largest absolute Gasteiger partial charge is 0.494 e. The highest BCUT2D eigenvalue weighted by molar-refractivity contribution is 7.22. The number of fused-ring (bicyclic) bond motifs is 1. The van der Waals surface area contributed by atoms with Crippen LogP contribution in [0.4, 0.5) is 19.9 Å². The van der Waals surface area contributed by atoms with Crippen LogP contribution in [0.5, 0.6) is 5.75 Å². The number of ether oxygens (including phenoxy) is 1. The van der Waals surface area contributed by atoms with Crippen LogP contribution in [0.1, 0.15) is 12.1 Å². The van der Waals surface area contributed by atoms with Gasteiger partial charge in [0.2, 0.25) is 5.95 Å². The number of benzene rings is 1. The van der Waals surface area contributed by atoms with E-state index in [4.69, 9.17) is 16.3 Å². The molecule has 1 N–H and O–H groups in total. The van der Waals surface area contributed by atoms with Crippen molar-refractivity contribution in [2.75, 3.05) is 43.1 Å². The average molecular weight is 428 g/mol. The van der Waals surface area contributed by atoms with Gasteiger partial charge < -0.3 is 14.5 Å². The number of anilines is 2. The Morgan fingerprint density at radius 1 is 1.21 bits per heavy atom. The first-order valence-electron chi connectivity index (χ1n) is 8.48. The van der Waals surface area contributed by atoms with E-state index < -0.39 is 17.7 Å². The van der Waals surface area contributed by atoms with Gasteiger partial charge in [-0.3, -0.25) is 9.78 Å². The first-order chi connectivity index (χ1) is 13.5. The number of alkyl halides is 2. The molecule has 0 spiro atoms. The second kappa shape index (κ2) is 7.51. The molecule has 7 nitrogen and oxygen atoms in total. The second-order valence-corrected chi connectivity index (χ2v) is 7.58. The summed E-state index contributed by atoms with van der Waals surface area (Å²) >= 11 is 7.76. The number of hydrogen-bond donors (Lipinski definition) is 1. The smallest absolute Gasteiger partial charge is 0.280 e. The zero-order valence-electron chi connectivity index (χ0n) is 14.8. The minimum atomic E-state index is -2.79. The molecule has 1 aliphatic rings. The Bertz CT molecular complexity index is 1070. The molecule has 1 saturated heterocycles. The number of hydrogen-bond acceptors (Lipinski definition) is 7. The summed E-state index contributed by atoms with van der Waals surface area (Å²) in [6, 6.07) is 4.38. The first-order valence-corrected chi connectivity index (χ1v) is 9.68. The summed E-state index contributed by atoms with van der Waals surface area (Å²) in [6.45, 7) is 2.22. The van der Waals surface area contributed by atoms with E-state index in [0.717, 1.165) is 15.9 Å². The van der Waals surface area contributed by atoms with Gasteiger partial charge in [0.05, 0.1) is 16.8 Å². The summed E-state index contributed by atoms with van der Waals surface area (Å²) in [6.07, 6.45) is -2.79. The van der Waals surface area contributed by atoms with Crippen LogP contribution in [-0.2, 0) is 0 Å². The molecule has 0 aliphatic carbocycles.